The lowest BCUT2D eigenvalue weighted by atomic mass is 9.73. The van der Waals surface area contributed by atoms with E-state index in [1.165, 1.54) is 0 Å². The lowest BCUT2D eigenvalue weighted by Gasteiger charge is -2.39. The van der Waals surface area contributed by atoms with Gasteiger partial charge in [0.15, 0.2) is 5.96 Å². The minimum atomic E-state index is -0.166. The molecule has 1 aromatic carbocycles. The summed E-state index contributed by atoms with van der Waals surface area (Å²) in [7, 11) is 1.69. The van der Waals surface area contributed by atoms with E-state index in [1.54, 1.807) is 7.11 Å². The van der Waals surface area contributed by atoms with Crippen LogP contribution in [0.2, 0.25) is 5.02 Å². The number of guanidine groups is 1. The second-order valence-corrected chi connectivity index (χ2v) is 7.97. The van der Waals surface area contributed by atoms with Crippen molar-refractivity contribution in [1.29, 1.82) is 0 Å². The number of hydrogen-bond acceptors (Lipinski definition) is 5. The van der Waals surface area contributed by atoms with Gasteiger partial charge >= 0.3 is 0 Å². The second-order valence-electron chi connectivity index (χ2n) is 7.54. The van der Waals surface area contributed by atoms with Crippen molar-refractivity contribution in [3.05, 3.63) is 46.1 Å². The first-order valence-corrected chi connectivity index (χ1v) is 10.7. The number of aromatic nitrogens is 1. The SMILES string of the molecule is CCNC(=NCc1nc(C)c(C)o1)NCC1(c2cc(Cl)ccc2OC)CCOCC1. The topological polar surface area (TPSA) is 80.9 Å². The van der Waals surface area contributed by atoms with Crippen LogP contribution >= 0.6 is 11.6 Å². The normalized spacial score (nSPS) is 16.4. The summed E-state index contributed by atoms with van der Waals surface area (Å²) in [4.78, 5) is 9.07. The average Bonchev–Trinajstić information content (AvgIpc) is 3.08. The Kier molecular flexibility index (Phi) is 7.61. The number of oxazole rings is 1. The number of methoxy groups -OCH3 is 1. The van der Waals surface area contributed by atoms with E-state index in [4.69, 9.17) is 25.5 Å². The van der Waals surface area contributed by atoms with E-state index in [0.29, 0.717) is 37.2 Å². The zero-order valence-electron chi connectivity index (χ0n) is 18.2. The summed E-state index contributed by atoms with van der Waals surface area (Å²) in [6, 6.07) is 5.80. The first kappa shape index (κ1) is 22.4. The molecule has 1 fully saturated rings. The smallest absolute Gasteiger partial charge is 0.216 e. The molecule has 0 aliphatic carbocycles. The standard InChI is InChI=1S/C22H31ClN4O3/c1-5-24-21(25-13-20-27-15(2)16(3)30-20)26-14-22(8-10-29-11-9-22)18-12-17(23)6-7-19(18)28-4/h6-7,12H,5,8-11,13-14H2,1-4H3,(H2,24,25,26). The Labute approximate surface area is 183 Å². The molecule has 7 nitrogen and oxygen atoms in total. The van der Waals surface area contributed by atoms with Crippen LogP contribution in [0.15, 0.2) is 27.6 Å². The number of hydrogen-bond donors (Lipinski definition) is 2. The van der Waals surface area contributed by atoms with Gasteiger partial charge in [0.1, 0.15) is 18.1 Å². The number of benzene rings is 1. The molecule has 0 atom stereocenters. The van der Waals surface area contributed by atoms with Crippen LogP contribution in [-0.4, -0.2) is 44.4 Å². The van der Waals surface area contributed by atoms with Gasteiger partial charge in [-0.25, -0.2) is 9.98 Å². The van der Waals surface area contributed by atoms with Gasteiger partial charge in [0.05, 0.1) is 12.8 Å². The van der Waals surface area contributed by atoms with E-state index in [-0.39, 0.29) is 5.41 Å². The maximum Gasteiger partial charge on any atom is 0.216 e. The lowest BCUT2D eigenvalue weighted by molar-refractivity contribution is 0.0505. The summed E-state index contributed by atoms with van der Waals surface area (Å²) in [5.74, 6) is 3.00. The van der Waals surface area contributed by atoms with Crippen LogP contribution in [0.3, 0.4) is 0 Å². The fraction of sp³-hybridized carbons (Fsp3) is 0.545. The molecule has 0 saturated carbocycles. The Hall–Kier alpha value is -2.25. The van der Waals surface area contributed by atoms with Gasteiger partial charge in [0.25, 0.3) is 0 Å². The van der Waals surface area contributed by atoms with E-state index in [2.05, 4.69) is 20.6 Å². The van der Waals surface area contributed by atoms with Crippen molar-refractivity contribution in [1.82, 2.24) is 15.6 Å². The number of rotatable bonds is 7. The fourth-order valence-corrected chi connectivity index (χ4v) is 3.92. The molecular formula is C22H31ClN4O3. The third-order valence-electron chi connectivity index (χ3n) is 5.57. The van der Waals surface area contributed by atoms with Crippen molar-refractivity contribution in [3.8, 4) is 5.75 Å². The van der Waals surface area contributed by atoms with Gasteiger partial charge in [0, 0.05) is 42.3 Å². The largest absolute Gasteiger partial charge is 0.496 e. The van der Waals surface area contributed by atoms with Crippen molar-refractivity contribution in [3.63, 3.8) is 0 Å². The van der Waals surface area contributed by atoms with E-state index >= 15 is 0 Å². The van der Waals surface area contributed by atoms with Gasteiger partial charge in [-0.15, -0.1) is 0 Å². The summed E-state index contributed by atoms with van der Waals surface area (Å²) in [5.41, 5.74) is 1.83. The van der Waals surface area contributed by atoms with Crippen molar-refractivity contribution in [2.45, 2.75) is 45.6 Å². The predicted octanol–water partition coefficient (Wildman–Crippen LogP) is 3.76. The highest BCUT2D eigenvalue weighted by molar-refractivity contribution is 6.30. The van der Waals surface area contributed by atoms with Crippen molar-refractivity contribution in [2.24, 2.45) is 4.99 Å². The predicted molar refractivity (Wildman–Crippen MR) is 119 cm³/mol. The number of aliphatic imine (C=N–C) groups is 1. The molecule has 1 aliphatic rings. The molecule has 30 heavy (non-hydrogen) atoms. The Morgan fingerprint density at radius 1 is 1.27 bits per heavy atom. The zero-order chi connectivity index (χ0) is 21.6. The zero-order valence-corrected chi connectivity index (χ0v) is 18.9. The number of ether oxygens (including phenoxy) is 2. The highest BCUT2D eigenvalue weighted by Gasteiger charge is 2.37. The molecule has 0 bridgehead atoms. The first-order valence-electron chi connectivity index (χ1n) is 10.3. The monoisotopic (exact) mass is 434 g/mol. The van der Waals surface area contributed by atoms with Crippen LogP contribution in [0.4, 0.5) is 0 Å². The highest BCUT2D eigenvalue weighted by Crippen LogP contribution is 2.40. The average molecular weight is 435 g/mol. The van der Waals surface area contributed by atoms with E-state index in [1.807, 2.05) is 39.0 Å². The molecule has 0 spiro atoms. The minimum Gasteiger partial charge on any atom is -0.496 e. The van der Waals surface area contributed by atoms with Crippen LogP contribution in [0.25, 0.3) is 0 Å². The minimum absolute atomic E-state index is 0.166. The molecule has 1 aromatic heterocycles. The summed E-state index contributed by atoms with van der Waals surface area (Å²) >= 11 is 6.34. The number of nitrogens with zero attached hydrogens (tertiary/aromatic N) is 2. The maximum atomic E-state index is 6.34. The molecule has 8 heteroatoms. The number of nitrogens with one attached hydrogen (secondary N) is 2. The number of aryl methyl sites for hydroxylation is 2. The highest BCUT2D eigenvalue weighted by atomic mass is 35.5. The summed E-state index contributed by atoms with van der Waals surface area (Å²) in [6.07, 6.45) is 1.74. The van der Waals surface area contributed by atoms with Gasteiger partial charge in [0.2, 0.25) is 5.89 Å². The van der Waals surface area contributed by atoms with Gasteiger partial charge in [-0.1, -0.05) is 11.6 Å². The van der Waals surface area contributed by atoms with Crippen molar-refractivity contribution in [2.75, 3.05) is 33.4 Å². The van der Waals surface area contributed by atoms with Crippen molar-refractivity contribution >= 4 is 17.6 Å². The van der Waals surface area contributed by atoms with Crippen LogP contribution in [-0.2, 0) is 16.7 Å². The number of halogens is 1. The van der Waals surface area contributed by atoms with E-state index in [9.17, 15) is 0 Å². The van der Waals surface area contributed by atoms with Crippen LogP contribution in [0, 0.1) is 13.8 Å². The van der Waals surface area contributed by atoms with Gasteiger partial charge in [-0.2, -0.15) is 0 Å². The van der Waals surface area contributed by atoms with Gasteiger partial charge in [-0.3, -0.25) is 0 Å². The van der Waals surface area contributed by atoms with Crippen LogP contribution < -0.4 is 15.4 Å². The molecule has 2 heterocycles. The molecule has 0 radical (unpaired) electrons. The van der Waals surface area contributed by atoms with Gasteiger partial charge < -0.3 is 24.5 Å². The van der Waals surface area contributed by atoms with Crippen molar-refractivity contribution < 1.29 is 13.9 Å². The Morgan fingerprint density at radius 3 is 2.67 bits per heavy atom. The maximum absolute atomic E-state index is 6.34. The summed E-state index contributed by atoms with van der Waals surface area (Å²) < 4.78 is 17.0. The second kappa shape index (κ2) is 10.2. The molecule has 0 amide bonds. The van der Waals surface area contributed by atoms with E-state index < -0.39 is 0 Å². The third kappa shape index (κ3) is 5.26. The Morgan fingerprint density at radius 2 is 2.03 bits per heavy atom. The molecule has 2 N–H and O–H groups in total. The van der Waals surface area contributed by atoms with Crippen LogP contribution in [0.5, 0.6) is 5.75 Å². The Balaban J connectivity index is 1.81. The fourth-order valence-electron chi connectivity index (χ4n) is 3.75. The molecule has 1 saturated heterocycles. The van der Waals surface area contributed by atoms with E-state index in [0.717, 1.165) is 48.1 Å². The molecule has 164 valence electrons. The first-order chi connectivity index (χ1) is 14.5. The van der Waals surface area contributed by atoms with Crippen LogP contribution in [0.1, 0.15) is 42.7 Å². The Bertz CT molecular complexity index is 856. The molecule has 2 aromatic rings. The lowest BCUT2D eigenvalue weighted by Crippen LogP contribution is -2.48. The third-order valence-corrected chi connectivity index (χ3v) is 5.80. The summed E-state index contributed by atoms with van der Waals surface area (Å²) in [6.45, 7) is 9.09. The quantitative estimate of drug-likeness (QED) is 0.510. The summed E-state index contributed by atoms with van der Waals surface area (Å²) in [5, 5.41) is 7.51. The van der Waals surface area contributed by atoms with Gasteiger partial charge in [-0.05, 0) is 51.8 Å². The molecular weight excluding hydrogens is 404 g/mol. The molecule has 0 unspecified atom stereocenters. The molecule has 1 aliphatic heterocycles. The molecule has 3 rings (SSSR count).